The molecule has 0 aliphatic carbocycles. The van der Waals surface area contributed by atoms with Crippen LogP contribution in [0.4, 0.5) is 0 Å². The zero-order chi connectivity index (χ0) is 14.4. The normalized spacial score (nSPS) is 17.1. The molecule has 112 valence electrons. The first-order valence-electron chi connectivity index (χ1n) is 6.73. The van der Waals surface area contributed by atoms with Crippen LogP contribution < -0.4 is 9.57 Å². The van der Waals surface area contributed by atoms with E-state index in [4.69, 9.17) is 9.84 Å². The van der Waals surface area contributed by atoms with Crippen LogP contribution in [0.2, 0.25) is 0 Å². The van der Waals surface area contributed by atoms with Gasteiger partial charge in [0.15, 0.2) is 0 Å². The second-order valence-electron chi connectivity index (χ2n) is 4.69. The number of ether oxygens (including phenoxy) is 1. The van der Waals surface area contributed by atoms with Crippen molar-refractivity contribution in [2.24, 2.45) is 0 Å². The van der Waals surface area contributed by atoms with E-state index in [2.05, 4.69) is 4.83 Å². The summed E-state index contributed by atoms with van der Waals surface area (Å²) in [7, 11) is -3.53. The molecule has 6 nitrogen and oxygen atoms in total. The van der Waals surface area contributed by atoms with Gasteiger partial charge in [-0.1, -0.05) is 6.42 Å². The standard InChI is InChI=1S/C13H20N2O4S/c16-10-11-19-12-4-6-13(7-5-12)20(17,18)14-15-8-2-1-3-9-15/h4-7,14,16H,1-3,8-11H2. The number of aliphatic hydroxyl groups excluding tert-OH is 1. The summed E-state index contributed by atoms with van der Waals surface area (Å²) in [6, 6.07) is 6.17. The summed E-state index contributed by atoms with van der Waals surface area (Å²) < 4.78 is 29.6. The van der Waals surface area contributed by atoms with Crippen molar-refractivity contribution in [2.75, 3.05) is 26.3 Å². The Morgan fingerprint density at radius 3 is 2.40 bits per heavy atom. The molecule has 1 aliphatic rings. The monoisotopic (exact) mass is 300 g/mol. The lowest BCUT2D eigenvalue weighted by molar-refractivity contribution is 0.199. The SMILES string of the molecule is O=S(=O)(NN1CCCCC1)c1ccc(OCCO)cc1. The van der Waals surface area contributed by atoms with Gasteiger partial charge in [0.1, 0.15) is 12.4 Å². The molecular weight excluding hydrogens is 280 g/mol. The van der Waals surface area contributed by atoms with Crippen LogP contribution in [0, 0.1) is 0 Å². The zero-order valence-corrected chi connectivity index (χ0v) is 12.1. The summed E-state index contributed by atoms with van der Waals surface area (Å²) in [6.45, 7) is 1.61. The Balaban J connectivity index is 2.01. The van der Waals surface area contributed by atoms with E-state index in [-0.39, 0.29) is 18.1 Å². The van der Waals surface area contributed by atoms with Gasteiger partial charge < -0.3 is 9.84 Å². The van der Waals surface area contributed by atoms with Gasteiger partial charge in [0.25, 0.3) is 10.0 Å². The van der Waals surface area contributed by atoms with E-state index >= 15 is 0 Å². The summed E-state index contributed by atoms with van der Waals surface area (Å²) in [4.78, 5) is 2.81. The third kappa shape index (κ3) is 4.17. The summed E-state index contributed by atoms with van der Waals surface area (Å²) in [5.41, 5.74) is 0. The van der Waals surface area contributed by atoms with Gasteiger partial charge in [0.2, 0.25) is 0 Å². The molecule has 0 unspecified atom stereocenters. The Hall–Kier alpha value is -1.15. The highest BCUT2D eigenvalue weighted by atomic mass is 32.2. The predicted octanol–water partition coefficient (Wildman–Crippen LogP) is 0.737. The molecule has 1 fully saturated rings. The Morgan fingerprint density at radius 1 is 1.15 bits per heavy atom. The van der Waals surface area contributed by atoms with Crippen LogP contribution in [0.5, 0.6) is 5.75 Å². The van der Waals surface area contributed by atoms with Crippen molar-refractivity contribution in [1.82, 2.24) is 9.84 Å². The molecule has 1 aliphatic heterocycles. The number of hydrogen-bond donors (Lipinski definition) is 2. The second-order valence-corrected chi connectivity index (χ2v) is 6.35. The summed E-state index contributed by atoms with van der Waals surface area (Å²) >= 11 is 0. The number of piperidine rings is 1. The van der Waals surface area contributed by atoms with Gasteiger partial charge in [-0.05, 0) is 37.1 Å². The van der Waals surface area contributed by atoms with E-state index in [1.807, 2.05) is 0 Å². The zero-order valence-electron chi connectivity index (χ0n) is 11.3. The van der Waals surface area contributed by atoms with E-state index in [0.717, 1.165) is 32.4 Å². The highest BCUT2D eigenvalue weighted by Gasteiger charge is 2.19. The lowest BCUT2D eigenvalue weighted by Crippen LogP contribution is -2.44. The van der Waals surface area contributed by atoms with Gasteiger partial charge in [-0.15, -0.1) is 4.83 Å². The van der Waals surface area contributed by atoms with Gasteiger partial charge in [0.05, 0.1) is 11.5 Å². The first kappa shape index (κ1) is 15.2. The molecule has 0 amide bonds. The molecule has 0 atom stereocenters. The number of sulfonamides is 1. The number of hydrazine groups is 1. The van der Waals surface area contributed by atoms with Gasteiger partial charge in [-0.2, -0.15) is 0 Å². The maximum Gasteiger partial charge on any atom is 0.253 e. The molecule has 2 N–H and O–H groups in total. The lowest BCUT2D eigenvalue weighted by Gasteiger charge is -2.26. The fourth-order valence-electron chi connectivity index (χ4n) is 2.09. The largest absolute Gasteiger partial charge is 0.491 e. The van der Waals surface area contributed by atoms with E-state index in [1.165, 1.54) is 12.1 Å². The number of rotatable bonds is 6. The molecule has 1 aromatic rings. The Kier molecular flexibility index (Phi) is 5.36. The molecule has 0 aromatic heterocycles. The molecule has 20 heavy (non-hydrogen) atoms. The molecule has 1 aromatic carbocycles. The summed E-state index contributed by atoms with van der Waals surface area (Å²) in [5, 5.41) is 10.4. The Labute approximate surface area is 119 Å². The van der Waals surface area contributed by atoms with E-state index < -0.39 is 10.0 Å². The highest BCUT2D eigenvalue weighted by Crippen LogP contribution is 2.17. The number of aliphatic hydroxyl groups is 1. The summed E-state index contributed by atoms with van der Waals surface area (Å²) in [5.74, 6) is 0.538. The van der Waals surface area contributed by atoms with Crippen molar-refractivity contribution in [2.45, 2.75) is 24.2 Å². The highest BCUT2D eigenvalue weighted by molar-refractivity contribution is 7.89. The van der Waals surface area contributed by atoms with Crippen LogP contribution >= 0.6 is 0 Å². The van der Waals surface area contributed by atoms with Crippen molar-refractivity contribution in [3.8, 4) is 5.75 Å². The fraction of sp³-hybridized carbons (Fsp3) is 0.538. The second kappa shape index (κ2) is 7.03. The molecule has 2 rings (SSSR count). The van der Waals surface area contributed by atoms with Gasteiger partial charge in [-0.25, -0.2) is 13.4 Å². The van der Waals surface area contributed by atoms with Crippen molar-refractivity contribution in [1.29, 1.82) is 0 Å². The van der Waals surface area contributed by atoms with Gasteiger partial charge >= 0.3 is 0 Å². The topological polar surface area (TPSA) is 78.9 Å². The molecule has 0 radical (unpaired) electrons. The number of benzene rings is 1. The first-order valence-corrected chi connectivity index (χ1v) is 8.21. The van der Waals surface area contributed by atoms with Crippen molar-refractivity contribution in [3.05, 3.63) is 24.3 Å². The minimum atomic E-state index is -3.53. The Bertz CT molecular complexity index is 510. The average Bonchev–Trinajstić information content (AvgIpc) is 2.46. The van der Waals surface area contributed by atoms with Crippen LogP contribution in [0.3, 0.4) is 0 Å². The third-order valence-electron chi connectivity index (χ3n) is 3.10. The predicted molar refractivity (Wildman–Crippen MR) is 74.8 cm³/mol. The van der Waals surface area contributed by atoms with Crippen LogP contribution in [-0.2, 0) is 10.0 Å². The average molecular weight is 300 g/mol. The molecule has 1 saturated heterocycles. The molecule has 7 heteroatoms. The van der Waals surface area contributed by atoms with Crippen LogP contribution in [0.1, 0.15) is 19.3 Å². The molecule has 0 bridgehead atoms. The lowest BCUT2D eigenvalue weighted by atomic mass is 10.2. The molecule has 1 heterocycles. The summed E-state index contributed by atoms with van der Waals surface area (Å²) in [6.07, 6.45) is 3.17. The number of hydrogen-bond acceptors (Lipinski definition) is 5. The van der Waals surface area contributed by atoms with Crippen molar-refractivity contribution >= 4 is 10.0 Å². The first-order chi connectivity index (χ1) is 9.62. The molecule has 0 spiro atoms. The van der Waals surface area contributed by atoms with Crippen LogP contribution in [0.25, 0.3) is 0 Å². The minimum absolute atomic E-state index is 0.0729. The smallest absolute Gasteiger partial charge is 0.253 e. The van der Waals surface area contributed by atoms with Crippen molar-refractivity contribution < 1.29 is 18.3 Å². The number of nitrogens with one attached hydrogen (secondary N) is 1. The van der Waals surface area contributed by atoms with E-state index in [0.29, 0.717) is 5.75 Å². The maximum absolute atomic E-state index is 12.2. The van der Waals surface area contributed by atoms with E-state index in [9.17, 15) is 8.42 Å². The Morgan fingerprint density at radius 2 is 1.80 bits per heavy atom. The molecule has 0 saturated carbocycles. The fourth-order valence-corrected chi connectivity index (χ4v) is 3.21. The quantitative estimate of drug-likeness (QED) is 0.810. The maximum atomic E-state index is 12.2. The third-order valence-corrected chi connectivity index (χ3v) is 4.49. The van der Waals surface area contributed by atoms with Gasteiger partial charge in [0, 0.05) is 13.1 Å². The van der Waals surface area contributed by atoms with Crippen LogP contribution in [-0.4, -0.2) is 44.8 Å². The minimum Gasteiger partial charge on any atom is -0.491 e. The van der Waals surface area contributed by atoms with E-state index in [1.54, 1.807) is 17.1 Å². The van der Waals surface area contributed by atoms with Crippen molar-refractivity contribution in [3.63, 3.8) is 0 Å². The number of nitrogens with zero attached hydrogens (tertiary/aromatic N) is 1. The van der Waals surface area contributed by atoms with Crippen LogP contribution in [0.15, 0.2) is 29.2 Å². The molecular formula is C13H20N2O4S. The van der Waals surface area contributed by atoms with Gasteiger partial charge in [-0.3, -0.25) is 0 Å².